The molecule has 2 aliphatic rings. The van der Waals surface area contributed by atoms with Gasteiger partial charge in [-0.05, 0) is 45.0 Å². The van der Waals surface area contributed by atoms with Crippen molar-refractivity contribution in [1.29, 1.82) is 0 Å². The molecule has 7 nitrogen and oxygen atoms in total. The van der Waals surface area contributed by atoms with Gasteiger partial charge in [-0.2, -0.15) is 0 Å². The molecule has 0 aromatic heterocycles. The summed E-state index contributed by atoms with van der Waals surface area (Å²) in [4.78, 5) is 39.4. The Morgan fingerprint density at radius 2 is 1.69 bits per heavy atom. The second-order valence-corrected chi connectivity index (χ2v) is 8.03. The van der Waals surface area contributed by atoms with Crippen LogP contribution in [0.25, 0.3) is 0 Å². The van der Waals surface area contributed by atoms with Crippen molar-refractivity contribution in [2.24, 2.45) is 5.41 Å². The number of ether oxygens (including phenoxy) is 2. The van der Waals surface area contributed by atoms with Gasteiger partial charge in [0.1, 0.15) is 5.60 Å². The Morgan fingerprint density at radius 1 is 1.08 bits per heavy atom. The minimum Gasteiger partial charge on any atom is -0.465 e. The predicted octanol–water partition coefficient (Wildman–Crippen LogP) is 2.45. The molecule has 0 saturated carbocycles. The molecule has 1 spiro atoms. The van der Waals surface area contributed by atoms with Gasteiger partial charge in [0, 0.05) is 37.2 Å². The van der Waals surface area contributed by atoms with Crippen LogP contribution in [-0.4, -0.2) is 55.2 Å². The van der Waals surface area contributed by atoms with Crippen LogP contribution in [0, 0.1) is 5.41 Å². The smallest absolute Gasteiger partial charge is 0.410 e. The van der Waals surface area contributed by atoms with E-state index < -0.39 is 11.6 Å². The summed E-state index contributed by atoms with van der Waals surface area (Å²) in [5.41, 5.74) is 0.445. The molecular weight excluding hydrogens is 336 g/mol. The Bertz CT molecular complexity index is 729. The van der Waals surface area contributed by atoms with Crippen LogP contribution in [0.3, 0.4) is 0 Å². The van der Waals surface area contributed by atoms with Crippen molar-refractivity contribution in [3.05, 3.63) is 29.8 Å². The average Bonchev–Trinajstić information content (AvgIpc) is 2.89. The molecule has 2 saturated heterocycles. The van der Waals surface area contributed by atoms with E-state index >= 15 is 0 Å². The maximum Gasteiger partial charge on any atom is 0.410 e. The lowest BCUT2D eigenvalue weighted by molar-refractivity contribution is -0.119. The summed E-state index contributed by atoms with van der Waals surface area (Å²) < 4.78 is 10.1. The van der Waals surface area contributed by atoms with Gasteiger partial charge in [-0.25, -0.2) is 9.59 Å². The fourth-order valence-electron chi connectivity index (χ4n) is 3.46. The van der Waals surface area contributed by atoms with Crippen LogP contribution in [0.1, 0.15) is 37.6 Å². The summed E-state index contributed by atoms with van der Waals surface area (Å²) in [5, 5.41) is 0. The lowest BCUT2D eigenvalue weighted by atomic mass is 9.79. The molecule has 2 amide bonds. The van der Waals surface area contributed by atoms with Crippen LogP contribution in [-0.2, 0) is 14.3 Å². The number of hydrogen-bond acceptors (Lipinski definition) is 5. The number of methoxy groups -OCH3 is 1. The number of rotatable bonds is 2. The van der Waals surface area contributed by atoms with Crippen molar-refractivity contribution in [2.75, 3.05) is 31.6 Å². The number of anilines is 1. The Labute approximate surface area is 152 Å². The van der Waals surface area contributed by atoms with E-state index in [4.69, 9.17) is 4.74 Å². The minimum atomic E-state index is -0.529. The van der Waals surface area contributed by atoms with Crippen LogP contribution in [0.2, 0.25) is 0 Å². The molecule has 1 aromatic carbocycles. The highest BCUT2D eigenvalue weighted by Crippen LogP contribution is 2.42. The van der Waals surface area contributed by atoms with E-state index in [2.05, 4.69) is 4.74 Å². The van der Waals surface area contributed by atoms with Gasteiger partial charge in [0.25, 0.3) is 0 Å². The molecule has 1 aromatic rings. The van der Waals surface area contributed by atoms with Crippen LogP contribution in [0.4, 0.5) is 10.5 Å². The fourth-order valence-corrected chi connectivity index (χ4v) is 3.46. The van der Waals surface area contributed by atoms with E-state index in [0.717, 1.165) is 5.69 Å². The number of esters is 1. The third kappa shape index (κ3) is 3.52. The van der Waals surface area contributed by atoms with Crippen molar-refractivity contribution in [2.45, 2.75) is 32.8 Å². The van der Waals surface area contributed by atoms with Gasteiger partial charge < -0.3 is 19.3 Å². The first-order valence-electron chi connectivity index (χ1n) is 8.59. The minimum absolute atomic E-state index is 0.0275. The van der Waals surface area contributed by atoms with Crippen molar-refractivity contribution >= 4 is 23.7 Å². The lowest BCUT2D eigenvalue weighted by Crippen LogP contribution is -2.60. The largest absolute Gasteiger partial charge is 0.465 e. The Hall–Kier alpha value is -2.57. The zero-order valence-electron chi connectivity index (χ0n) is 15.6. The SMILES string of the molecule is COC(=O)c1ccc(N2CC3(CC2=O)CN(C(=O)OC(C)(C)C)C3)cc1. The van der Waals surface area contributed by atoms with Crippen LogP contribution >= 0.6 is 0 Å². The lowest BCUT2D eigenvalue weighted by Gasteiger charge is -2.47. The first-order valence-corrected chi connectivity index (χ1v) is 8.59. The molecule has 26 heavy (non-hydrogen) atoms. The van der Waals surface area contributed by atoms with Gasteiger partial charge in [-0.1, -0.05) is 0 Å². The number of benzene rings is 1. The quantitative estimate of drug-likeness (QED) is 0.757. The van der Waals surface area contributed by atoms with E-state index in [1.165, 1.54) is 7.11 Å². The molecule has 3 rings (SSSR count). The number of hydrogen-bond donors (Lipinski definition) is 0. The van der Waals surface area contributed by atoms with E-state index in [1.807, 2.05) is 20.8 Å². The topological polar surface area (TPSA) is 76.2 Å². The van der Waals surface area contributed by atoms with Crippen molar-refractivity contribution in [3.8, 4) is 0 Å². The van der Waals surface area contributed by atoms with Gasteiger partial charge in [0.15, 0.2) is 0 Å². The monoisotopic (exact) mass is 360 g/mol. The number of carbonyl (C=O) groups is 3. The first-order chi connectivity index (χ1) is 12.1. The normalized spacial score (nSPS) is 18.7. The van der Waals surface area contributed by atoms with Gasteiger partial charge in [-0.3, -0.25) is 4.79 Å². The van der Waals surface area contributed by atoms with Crippen LogP contribution in [0.5, 0.6) is 0 Å². The second kappa shape index (κ2) is 6.30. The summed E-state index contributed by atoms with van der Waals surface area (Å²) in [6.07, 6.45) is 0.0712. The molecule has 7 heteroatoms. The molecule has 0 unspecified atom stereocenters. The van der Waals surface area contributed by atoms with Gasteiger partial charge in [0.05, 0.1) is 12.7 Å². The highest BCUT2D eigenvalue weighted by atomic mass is 16.6. The van der Waals surface area contributed by atoms with Crippen molar-refractivity contribution in [1.82, 2.24) is 4.90 Å². The van der Waals surface area contributed by atoms with Gasteiger partial charge in [0.2, 0.25) is 5.91 Å². The first kappa shape index (κ1) is 18.2. The molecule has 0 radical (unpaired) electrons. The molecule has 140 valence electrons. The summed E-state index contributed by atoms with van der Waals surface area (Å²) in [6, 6.07) is 6.78. The maximum atomic E-state index is 12.5. The van der Waals surface area contributed by atoms with E-state index in [0.29, 0.717) is 31.6 Å². The number of likely N-dealkylation sites (tertiary alicyclic amines) is 1. The molecule has 0 aliphatic carbocycles. The van der Waals surface area contributed by atoms with Crippen LogP contribution < -0.4 is 4.90 Å². The van der Waals surface area contributed by atoms with Crippen LogP contribution in [0.15, 0.2) is 24.3 Å². The van der Waals surface area contributed by atoms with Crippen molar-refractivity contribution in [3.63, 3.8) is 0 Å². The Balaban J connectivity index is 1.63. The van der Waals surface area contributed by atoms with Gasteiger partial charge >= 0.3 is 12.1 Å². The maximum absolute atomic E-state index is 12.5. The summed E-state index contributed by atoms with van der Waals surface area (Å²) >= 11 is 0. The third-order valence-electron chi connectivity index (χ3n) is 4.63. The molecule has 2 heterocycles. The Morgan fingerprint density at radius 3 is 2.23 bits per heavy atom. The summed E-state index contributed by atoms with van der Waals surface area (Å²) in [6.45, 7) is 7.09. The zero-order chi connectivity index (χ0) is 19.1. The molecule has 0 N–H and O–H groups in total. The second-order valence-electron chi connectivity index (χ2n) is 8.03. The van der Waals surface area contributed by atoms with Gasteiger partial charge in [-0.15, -0.1) is 0 Å². The number of carbonyl (C=O) groups excluding carboxylic acids is 3. The molecule has 0 bridgehead atoms. The Kier molecular flexibility index (Phi) is 4.42. The molecular formula is C19H24N2O5. The zero-order valence-corrected chi connectivity index (χ0v) is 15.6. The molecule has 2 aliphatic heterocycles. The highest BCUT2D eigenvalue weighted by Gasteiger charge is 2.53. The van der Waals surface area contributed by atoms with E-state index in [-0.39, 0.29) is 17.4 Å². The summed E-state index contributed by atoms with van der Waals surface area (Å²) in [7, 11) is 1.33. The predicted molar refractivity (Wildman–Crippen MR) is 95.0 cm³/mol. The standard InChI is InChI=1S/C19H24N2O5/c1-18(2,3)26-17(24)20-10-19(11-20)9-15(22)21(12-19)14-7-5-13(6-8-14)16(23)25-4/h5-8H,9-12H2,1-4H3. The fraction of sp³-hybridized carbons (Fsp3) is 0.526. The van der Waals surface area contributed by atoms with Crippen molar-refractivity contribution < 1.29 is 23.9 Å². The number of nitrogens with zero attached hydrogens (tertiary/aromatic N) is 2. The molecule has 2 fully saturated rings. The van der Waals surface area contributed by atoms with E-state index in [1.54, 1.807) is 34.1 Å². The summed E-state index contributed by atoms with van der Waals surface area (Å²) in [5.74, 6) is -0.382. The third-order valence-corrected chi connectivity index (χ3v) is 4.63. The van der Waals surface area contributed by atoms with E-state index in [9.17, 15) is 14.4 Å². The highest BCUT2D eigenvalue weighted by molar-refractivity contribution is 5.97. The number of amides is 2. The average molecular weight is 360 g/mol. The molecule has 0 atom stereocenters.